The number of nitrogen functional groups attached to an aromatic ring is 1. The summed E-state index contributed by atoms with van der Waals surface area (Å²) < 4.78 is 0. The van der Waals surface area contributed by atoms with Gasteiger partial charge in [0.15, 0.2) is 11.6 Å². The molecule has 0 bridgehead atoms. The summed E-state index contributed by atoms with van der Waals surface area (Å²) in [5, 5.41) is 10.9. The lowest BCUT2D eigenvalue weighted by molar-refractivity contribution is 1.02. The third-order valence-corrected chi connectivity index (χ3v) is 1.86. The lowest BCUT2D eigenvalue weighted by atomic mass is 10.3. The second-order valence-corrected chi connectivity index (χ2v) is 2.94. The molecule has 1 aromatic heterocycles. The molecule has 0 unspecified atom stereocenters. The molecule has 0 aliphatic carbocycles. The molecule has 0 aliphatic rings. The third kappa shape index (κ3) is 2.41. The van der Waals surface area contributed by atoms with Crippen molar-refractivity contribution in [3.8, 4) is 0 Å². The number of hydrogen-bond acceptors (Lipinski definition) is 5. The first-order valence-corrected chi connectivity index (χ1v) is 4.51. The molecule has 0 spiro atoms. The molecule has 0 amide bonds. The molecule has 76 valence electrons. The molecule has 0 atom stereocenters. The number of para-hydroxylation sites is 1. The first kappa shape index (κ1) is 9.42. The average Bonchev–Trinajstić information content (AvgIpc) is 2.31. The number of rotatable bonds is 3. The normalized spacial score (nSPS) is 9.67. The highest BCUT2D eigenvalue weighted by Crippen LogP contribution is 2.13. The molecule has 2 aromatic rings. The van der Waals surface area contributed by atoms with Gasteiger partial charge < -0.3 is 10.7 Å². The highest BCUT2D eigenvalue weighted by atomic mass is 15.3. The van der Waals surface area contributed by atoms with Gasteiger partial charge in [-0.25, -0.2) is 5.84 Å². The Kier molecular flexibility index (Phi) is 2.75. The minimum Gasteiger partial charge on any atom is -0.339 e. The standard InChI is InChI=1S/C10H11N5/c11-13-10-7-6-9(14-15-10)12-8-4-2-1-3-5-8/h1-7H,11H2,(H,12,14)(H,13,15). The van der Waals surface area contributed by atoms with Crippen LogP contribution in [0.5, 0.6) is 0 Å². The van der Waals surface area contributed by atoms with Gasteiger partial charge in [-0.3, -0.25) is 0 Å². The molecule has 0 saturated heterocycles. The van der Waals surface area contributed by atoms with Gasteiger partial charge in [0.05, 0.1) is 0 Å². The summed E-state index contributed by atoms with van der Waals surface area (Å²) in [6, 6.07) is 13.3. The van der Waals surface area contributed by atoms with Gasteiger partial charge in [0, 0.05) is 5.69 Å². The van der Waals surface area contributed by atoms with E-state index in [2.05, 4.69) is 20.9 Å². The zero-order valence-electron chi connectivity index (χ0n) is 8.01. The molecule has 1 aromatic carbocycles. The molecule has 5 heteroatoms. The van der Waals surface area contributed by atoms with Crippen LogP contribution in [-0.4, -0.2) is 10.2 Å². The summed E-state index contributed by atoms with van der Waals surface area (Å²) in [6.07, 6.45) is 0. The minimum atomic E-state index is 0.536. The molecule has 2 rings (SSSR count). The van der Waals surface area contributed by atoms with Crippen LogP contribution in [0, 0.1) is 0 Å². The van der Waals surface area contributed by atoms with Gasteiger partial charge in [-0.15, -0.1) is 10.2 Å². The summed E-state index contributed by atoms with van der Waals surface area (Å²) in [7, 11) is 0. The minimum absolute atomic E-state index is 0.536. The Labute approximate surface area is 87.3 Å². The summed E-state index contributed by atoms with van der Waals surface area (Å²) in [6.45, 7) is 0. The number of nitrogens with one attached hydrogen (secondary N) is 2. The Hall–Kier alpha value is -2.14. The zero-order chi connectivity index (χ0) is 10.5. The molecule has 15 heavy (non-hydrogen) atoms. The molecule has 4 N–H and O–H groups in total. The van der Waals surface area contributed by atoms with Crippen molar-refractivity contribution in [2.75, 3.05) is 10.7 Å². The van der Waals surface area contributed by atoms with Crippen molar-refractivity contribution >= 4 is 17.3 Å². The molecule has 0 aliphatic heterocycles. The first-order valence-electron chi connectivity index (χ1n) is 4.51. The van der Waals surface area contributed by atoms with Gasteiger partial charge in [-0.1, -0.05) is 18.2 Å². The fourth-order valence-electron chi connectivity index (χ4n) is 1.15. The van der Waals surface area contributed by atoms with E-state index in [1.54, 1.807) is 12.1 Å². The van der Waals surface area contributed by atoms with Crippen LogP contribution in [0.4, 0.5) is 17.3 Å². The van der Waals surface area contributed by atoms with Crippen LogP contribution >= 0.6 is 0 Å². The van der Waals surface area contributed by atoms with Crippen molar-refractivity contribution in [1.29, 1.82) is 0 Å². The Morgan fingerprint density at radius 2 is 1.53 bits per heavy atom. The van der Waals surface area contributed by atoms with Crippen LogP contribution in [0.1, 0.15) is 0 Å². The van der Waals surface area contributed by atoms with Crippen LogP contribution in [0.2, 0.25) is 0 Å². The van der Waals surface area contributed by atoms with E-state index in [1.807, 2.05) is 30.3 Å². The number of nitrogens with two attached hydrogens (primary N) is 1. The lowest BCUT2D eigenvalue weighted by Crippen LogP contribution is -2.09. The van der Waals surface area contributed by atoms with Crippen molar-refractivity contribution in [2.24, 2.45) is 5.84 Å². The third-order valence-electron chi connectivity index (χ3n) is 1.86. The van der Waals surface area contributed by atoms with Gasteiger partial charge in [0.2, 0.25) is 0 Å². The maximum absolute atomic E-state index is 5.18. The maximum Gasteiger partial charge on any atom is 0.162 e. The summed E-state index contributed by atoms with van der Waals surface area (Å²) in [4.78, 5) is 0. The van der Waals surface area contributed by atoms with Crippen molar-refractivity contribution in [1.82, 2.24) is 10.2 Å². The number of aromatic nitrogens is 2. The number of nitrogens with zero attached hydrogens (tertiary/aromatic N) is 2. The molecule has 5 nitrogen and oxygen atoms in total. The average molecular weight is 201 g/mol. The van der Waals surface area contributed by atoms with Crippen LogP contribution in [0.15, 0.2) is 42.5 Å². The topological polar surface area (TPSA) is 75.9 Å². The SMILES string of the molecule is NNc1ccc(Nc2ccccc2)nn1. The van der Waals surface area contributed by atoms with E-state index in [1.165, 1.54) is 0 Å². The number of hydrazine groups is 1. The largest absolute Gasteiger partial charge is 0.339 e. The number of anilines is 3. The van der Waals surface area contributed by atoms with E-state index < -0.39 is 0 Å². The highest BCUT2D eigenvalue weighted by molar-refractivity contribution is 5.56. The van der Waals surface area contributed by atoms with Gasteiger partial charge in [0.25, 0.3) is 0 Å². The van der Waals surface area contributed by atoms with Gasteiger partial charge in [-0.2, -0.15) is 0 Å². The van der Waals surface area contributed by atoms with Crippen molar-refractivity contribution in [2.45, 2.75) is 0 Å². The second kappa shape index (κ2) is 4.39. The highest BCUT2D eigenvalue weighted by Gasteiger charge is 1.96. The van der Waals surface area contributed by atoms with Gasteiger partial charge >= 0.3 is 0 Å². The van der Waals surface area contributed by atoms with E-state index in [4.69, 9.17) is 5.84 Å². The Balaban J connectivity index is 2.11. The monoisotopic (exact) mass is 201 g/mol. The van der Waals surface area contributed by atoms with Crippen LogP contribution in [-0.2, 0) is 0 Å². The maximum atomic E-state index is 5.18. The summed E-state index contributed by atoms with van der Waals surface area (Å²) in [5.41, 5.74) is 3.39. The molecule has 0 radical (unpaired) electrons. The quantitative estimate of drug-likeness (QED) is 0.518. The van der Waals surface area contributed by atoms with Gasteiger partial charge in [-0.05, 0) is 24.3 Å². The van der Waals surface area contributed by atoms with E-state index in [-0.39, 0.29) is 0 Å². The lowest BCUT2D eigenvalue weighted by Gasteiger charge is -2.04. The van der Waals surface area contributed by atoms with Crippen molar-refractivity contribution in [3.63, 3.8) is 0 Å². The number of hydrogen-bond donors (Lipinski definition) is 3. The molecular formula is C10H11N5. The molecule has 0 fully saturated rings. The fraction of sp³-hybridized carbons (Fsp3) is 0. The Morgan fingerprint density at radius 3 is 2.13 bits per heavy atom. The van der Waals surface area contributed by atoms with E-state index >= 15 is 0 Å². The van der Waals surface area contributed by atoms with E-state index in [0.29, 0.717) is 11.6 Å². The van der Waals surface area contributed by atoms with E-state index in [9.17, 15) is 0 Å². The zero-order valence-corrected chi connectivity index (χ0v) is 8.01. The smallest absolute Gasteiger partial charge is 0.162 e. The molecule has 1 heterocycles. The van der Waals surface area contributed by atoms with Gasteiger partial charge in [0.1, 0.15) is 0 Å². The van der Waals surface area contributed by atoms with Crippen molar-refractivity contribution in [3.05, 3.63) is 42.5 Å². The molecular weight excluding hydrogens is 190 g/mol. The van der Waals surface area contributed by atoms with Crippen molar-refractivity contribution < 1.29 is 0 Å². The second-order valence-electron chi connectivity index (χ2n) is 2.94. The summed E-state index contributed by atoms with van der Waals surface area (Å²) >= 11 is 0. The molecule has 0 saturated carbocycles. The van der Waals surface area contributed by atoms with Crippen LogP contribution < -0.4 is 16.6 Å². The predicted octanol–water partition coefficient (Wildman–Crippen LogP) is 1.51. The Bertz CT molecular complexity index is 412. The first-order chi connectivity index (χ1) is 7.38. The van der Waals surface area contributed by atoms with E-state index in [0.717, 1.165) is 5.69 Å². The fourth-order valence-corrected chi connectivity index (χ4v) is 1.15. The predicted molar refractivity (Wildman–Crippen MR) is 59.6 cm³/mol. The number of benzene rings is 1. The summed E-state index contributed by atoms with van der Waals surface area (Å²) in [5.74, 6) is 6.40. The Morgan fingerprint density at radius 1 is 0.867 bits per heavy atom. The van der Waals surface area contributed by atoms with Crippen LogP contribution in [0.3, 0.4) is 0 Å². The van der Waals surface area contributed by atoms with Crippen LogP contribution in [0.25, 0.3) is 0 Å².